The molecule has 0 amide bonds. The van der Waals surface area contributed by atoms with Crippen molar-refractivity contribution in [3.05, 3.63) is 0 Å². The second-order valence-electron chi connectivity index (χ2n) is 5.25. The van der Waals surface area contributed by atoms with Crippen molar-refractivity contribution in [1.82, 2.24) is 4.90 Å². The molecule has 0 aromatic heterocycles. The van der Waals surface area contributed by atoms with Crippen LogP contribution in [0.2, 0.25) is 0 Å². The van der Waals surface area contributed by atoms with E-state index in [-0.39, 0.29) is 12.6 Å². The van der Waals surface area contributed by atoms with Gasteiger partial charge < -0.3 is 9.84 Å². The molecule has 0 aromatic carbocycles. The van der Waals surface area contributed by atoms with Crippen LogP contribution in [-0.4, -0.2) is 47.8 Å². The zero-order valence-corrected chi connectivity index (χ0v) is 10.4. The topological polar surface area (TPSA) is 49.8 Å². The van der Waals surface area contributed by atoms with Crippen LogP contribution in [0.3, 0.4) is 0 Å². The van der Waals surface area contributed by atoms with Crippen molar-refractivity contribution in [2.75, 3.05) is 19.7 Å². The second-order valence-corrected chi connectivity index (χ2v) is 5.25. The van der Waals surface area contributed by atoms with E-state index in [1.807, 2.05) is 0 Å². The molecule has 1 heterocycles. The summed E-state index contributed by atoms with van der Waals surface area (Å²) in [5, 5.41) is 8.99. The summed E-state index contributed by atoms with van der Waals surface area (Å²) >= 11 is 0. The fourth-order valence-corrected chi connectivity index (χ4v) is 3.00. The Labute approximate surface area is 103 Å². The van der Waals surface area contributed by atoms with Crippen molar-refractivity contribution in [2.45, 2.75) is 57.1 Å². The molecule has 2 fully saturated rings. The fraction of sp³-hybridized carbons (Fsp3) is 0.923. The van der Waals surface area contributed by atoms with Gasteiger partial charge in [0.2, 0.25) is 0 Å². The highest BCUT2D eigenvalue weighted by Crippen LogP contribution is 2.25. The third-order valence-electron chi connectivity index (χ3n) is 3.89. The summed E-state index contributed by atoms with van der Waals surface area (Å²) in [6.07, 6.45) is 8.50. The minimum atomic E-state index is -0.715. The quantitative estimate of drug-likeness (QED) is 0.798. The van der Waals surface area contributed by atoms with E-state index in [4.69, 9.17) is 9.84 Å². The molecule has 4 heteroatoms. The molecule has 0 radical (unpaired) electrons. The summed E-state index contributed by atoms with van der Waals surface area (Å²) < 4.78 is 5.71. The van der Waals surface area contributed by atoms with E-state index in [0.717, 1.165) is 38.8 Å². The maximum atomic E-state index is 10.9. The molecule has 98 valence electrons. The number of hydrogen-bond donors (Lipinski definition) is 1. The third kappa shape index (κ3) is 3.96. The average molecular weight is 241 g/mol. The first-order chi connectivity index (χ1) is 8.25. The summed E-state index contributed by atoms with van der Waals surface area (Å²) in [6, 6.07) is 0.469. The van der Waals surface area contributed by atoms with E-state index in [1.54, 1.807) is 0 Å². The lowest BCUT2D eigenvalue weighted by molar-refractivity contribution is -0.139. The maximum Gasteiger partial charge on any atom is 0.317 e. The molecule has 4 nitrogen and oxygen atoms in total. The summed E-state index contributed by atoms with van der Waals surface area (Å²) in [6.45, 7) is 1.82. The summed E-state index contributed by atoms with van der Waals surface area (Å²) in [5.41, 5.74) is 0. The molecular formula is C13H23NO3. The van der Waals surface area contributed by atoms with Gasteiger partial charge in [-0.3, -0.25) is 9.69 Å². The minimum absolute atomic E-state index is 0.171. The molecule has 1 saturated heterocycles. The zero-order chi connectivity index (χ0) is 12.1. The van der Waals surface area contributed by atoms with Crippen molar-refractivity contribution in [2.24, 2.45) is 0 Å². The number of hydrogen-bond acceptors (Lipinski definition) is 3. The number of carbonyl (C=O) groups is 1. The van der Waals surface area contributed by atoms with E-state index in [2.05, 4.69) is 4.90 Å². The van der Waals surface area contributed by atoms with E-state index < -0.39 is 5.97 Å². The lowest BCUT2D eigenvalue weighted by Gasteiger charge is -2.32. The van der Waals surface area contributed by atoms with Crippen molar-refractivity contribution >= 4 is 5.97 Å². The van der Waals surface area contributed by atoms with Crippen molar-refractivity contribution < 1.29 is 14.6 Å². The molecule has 1 saturated carbocycles. The van der Waals surface area contributed by atoms with Crippen molar-refractivity contribution in [1.29, 1.82) is 0 Å². The first-order valence-electron chi connectivity index (χ1n) is 6.83. The highest BCUT2D eigenvalue weighted by Gasteiger charge is 2.27. The summed E-state index contributed by atoms with van der Waals surface area (Å²) in [5.74, 6) is -0.715. The Kier molecular flexibility index (Phi) is 4.80. The van der Waals surface area contributed by atoms with Gasteiger partial charge in [-0.05, 0) is 32.1 Å². The number of carboxylic acids is 1. The van der Waals surface area contributed by atoms with E-state index in [0.29, 0.717) is 6.04 Å². The van der Waals surface area contributed by atoms with Gasteiger partial charge in [0, 0.05) is 19.2 Å². The molecular weight excluding hydrogens is 218 g/mol. The van der Waals surface area contributed by atoms with Gasteiger partial charge in [0.25, 0.3) is 0 Å². The molecule has 0 spiro atoms. The molecule has 2 aliphatic rings. The van der Waals surface area contributed by atoms with E-state index in [9.17, 15) is 4.79 Å². The van der Waals surface area contributed by atoms with E-state index >= 15 is 0 Å². The average Bonchev–Trinajstić information content (AvgIpc) is 2.82. The third-order valence-corrected chi connectivity index (χ3v) is 3.89. The first kappa shape index (κ1) is 12.8. The van der Waals surface area contributed by atoms with Crippen LogP contribution >= 0.6 is 0 Å². The molecule has 0 aromatic rings. The highest BCUT2D eigenvalue weighted by molar-refractivity contribution is 5.69. The lowest BCUT2D eigenvalue weighted by Crippen LogP contribution is -2.43. The van der Waals surface area contributed by atoms with Gasteiger partial charge in [0.1, 0.15) is 0 Å². The standard InChI is InChI=1S/C13H23NO3/c15-13(16)10-14(11-5-1-2-6-11)9-12-7-3-4-8-17-12/h11-12H,1-10H2,(H,15,16). The predicted octanol–water partition coefficient (Wildman–Crippen LogP) is 1.88. The van der Waals surface area contributed by atoms with Gasteiger partial charge in [-0.2, -0.15) is 0 Å². The number of carboxylic acid groups (broad SMARTS) is 1. The number of ether oxygens (including phenoxy) is 1. The Hall–Kier alpha value is -0.610. The zero-order valence-electron chi connectivity index (χ0n) is 10.4. The molecule has 0 bridgehead atoms. The van der Waals surface area contributed by atoms with Crippen molar-refractivity contribution in [3.63, 3.8) is 0 Å². The van der Waals surface area contributed by atoms with Gasteiger partial charge in [-0.25, -0.2) is 0 Å². The normalized spacial score (nSPS) is 26.5. The number of nitrogens with zero attached hydrogens (tertiary/aromatic N) is 1. The molecule has 2 rings (SSSR count). The molecule has 1 aliphatic heterocycles. The van der Waals surface area contributed by atoms with Gasteiger partial charge >= 0.3 is 5.97 Å². The Morgan fingerprint density at radius 2 is 1.88 bits per heavy atom. The number of aliphatic carboxylic acids is 1. The Morgan fingerprint density at radius 1 is 1.18 bits per heavy atom. The fourth-order valence-electron chi connectivity index (χ4n) is 3.00. The van der Waals surface area contributed by atoms with Gasteiger partial charge in [0.05, 0.1) is 12.6 Å². The van der Waals surface area contributed by atoms with Crippen molar-refractivity contribution in [3.8, 4) is 0 Å². The monoisotopic (exact) mass is 241 g/mol. The highest BCUT2D eigenvalue weighted by atomic mass is 16.5. The van der Waals surface area contributed by atoms with Gasteiger partial charge in [-0.15, -0.1) is 0 Å². The smallest absolute Gasteiger partial charge is 0.317 e. The molecule has 17 heavy (non-hydrogen) atoms. The molecule has 1 unspecified atom stereocenters. The summed E-state index contributed by atoms with van der Waals surface area (Å²) in [7, 11) is 0. The lowest BCUT2D eigenvalue weighted by atomic mass is 10.1. The SMILES string of the molecule is O=C(O)CN(CC1CCCCO1)C1CCCC1. The van der Waals surface area contributed by atoms with Gasteiger partial charge in [0.15, 0.2) is 0 Å². The van der Waals surface area contributed by atoms with E-state index in [1.165, 1.54) is 19.3 Å². The molecule has 1 N–H and O–H groups in total. The van der Waals surface area contributed by atoms with Crippen LogP contribution in [0, 0.1) is 0 Å². The number of rotatable bonds is 5. The largest absolute Gasteiger partial charge is 0.480 e. The Bertz CT molecular complexity index is 245. The Balaban J connectivity index is 1.86. The second kappa shape index (κ2) is 6.36. The van der Waals surface area contributed by atoms with Crippen LogP contribution in [0.5, 0.6) is 0 Å². The molecule has 1 atom stereocenters. The first-order valence-corrected chi connectivity index (χ1v) is 6.83. The van der Waals surface area contributed by atoms with Crippen LogP contribution < -0.4 is 0 Å². The van der Waals surface area contributed by atoms with Gasteiger partial charge in [-0.1, -0.05) is 12.8 Å². The van der Waals surface area contributed by atoms with Crippen LogP contribution in [0.25, 0.3) is 0 Å². The summed E-state index contributed by atoms with van der Waals surface area (Å²) in [4.78, 5) is 13.1. The van der Waals surface area contributed by atoms with Crippen LogP contribution in [0.1, 0.15) is 44.9 Å². The Morgan fingerprint density at radius 3 is 2.47 bits per heavy atom. The maximum absolute atomic E-state index is 10.9. The van der Waals surface area contributed by atoms with Crippen LogP contribution in [0.15, 0.2) is 0 Å². The van der Waals surface area contributed by atoms with Crippen LogP contribution in [-0.2, 0) is 9.53 Å². The molecule has 1 aliphatic carbocycles. The van der Waals surface area contributed by atoms with Crippen LogP contribution in [0.4, 0.5) is 0 Å². The predicted molar refractivity (Wildman–Crippen MR) is 65.1 cm³/mol. The minimum Gasteiger partial charge on any atom is -0.480 e.